The first kappa shape index (κ1) is 18.0. The van der Waals surface area contributed by atoms with E-state index in [-0.39, 0.29) is 0 Å². The van der Waals surface area contributed by atoms with Gasteiger partial charge in [0.15, 0.2) is 5.96 Å². The van der Waals surface area contributed by atoms with E-state index in [4.69, 9.17) is 5.73 Å². The molecule has 0 aliphatic heterocycles. The summed E-state index contributed by atoms with van der Waals surface area (Å²) >= 11 is 0. The van der Waals surface area contributed by atoms with E-state index in [2.05, 4.69) is 60.4 Å². The van der Waals surface area contributed by atoms with Crippen LogP contribution in [0.5, 0.6) is 0 Å². The summed E-state index contributed by atoms with van der Waals surface area (Å²) in [6, 6.07) is 8.40. The summed E-state index contributed by atoms with van der Waals surface area (Å²) in [7, 11) is 1.97. The van der Waals surface area contributed by atoms with Crippen LogP contribution in [0.3, 0.4) is 0 Å². The highest BCUT2D eigenvalue weighted by Gasteiger charge is 2.08. The topological polar surface area (TPSA) is 68.2 Å². The largest absolute Gasteiger partial charge is 0.370 e. The summed E-state index contributed by atoms with van der Waals surface area (Å²) in [5, 5.41) is 7.58. The highest BCUT2D eigenvalue weighted by molar-refractivity contribution is 5.92. The molecule has 5 heteroatoms. The van der Waals surface area contributed by atoms with Crippen molar-refractivity contribution >= 4 is 11.6 Å². The van der Waals surface area contributed by atoms with Crippen LogP contribution in [0.4, 0.5) is 5.69 Å². The number of aromatic nitrogens is 2. The number of nitrogens with two attached hydrogens (primary N) is 1. The number of anilines is 1. The highest BCUT2D eigenvalue weighted by atomic mass is 15.3. The molecule has 1 aromatic carbocycles. The Bertz CT molecular complexity index is 697. The zero-order valence-corrected chi connectivity index (χ0v) is 15.4. The van der Waals surface area contributed by atoms with Gasteiger partial charge in [0, 0.05) is 25.0 Å². The lowest BCUT2D eigenvalue weighted by Crippen LogP contribution is -2.23. The second-order valence-corrected chi connectivity index (χ2v) is 6.35. The van der Waals surface area contributed by atoms with Crippen LogP contribution in [-0.4, -0.2) is 22.3 Å². The summed E-state index contributed by atoms with van der Waals surface area (Å²) in [6.45, 7) is 9.21. The van der Waals surface area contributed by atoms with E-state index < -0.39 is 0 Å². The van der Waals surface area contributed by atoms with Crippen molar-refractivity contribution in [3.8, 4) is 0 Å². The Morgan fingerprint density at radius 1 is 1.29 bits per heavy atom. The fourth-order valence-corrected chi connectivity index (χ4v) is 2.79. The maximum Gasteiger partial charge on any atom is 0.193 e. The normalized spacial score (nSPS) is 13.1. The molecule has 1 unspecified atom stereocenters. The van der Waals surface area contributed by atoms with E-state index in [0.717, 1.165) is 24.2 Å². The molecule has 1 atom stereocenters. The molecule has 0 amide bonds. The maximum absolute atomic E-state index is 5.99. The third-order valence-corrected chi connectivity index (χ3v) is 4.67. The van der Waals surface area contributed by atoms with E-state index in [1.54, 1.807) is 0 Å². The number of rotatable bonds is 6. The van der Waals surface area contributed by atoms with Crippen molar-refractivity contribution < 1.29 is 0 Å². The lowest BCUT2D eigenvalue weighted by molar-refractivity contribution is 0.730. The third-order valence-electron chi connectivity index (χ3n) is 4.67. The Kier molecular flexibility index (Phi) is 6.01. The Hall–Kier alpha value is -2.30. The van der Waals surface area contributed by atoms with Crippen molar-refractivity contribution in [2.24, 2.45) is 17.8 Å². The quantitative estimate of drug-likeness (QED) is 0.630. The molecule has 5 nitrogen and oxygen atoms in total. The molecule has 24 heavy (non-hydrogen) atoms. The van der Waals surface area contributed by atoms with Crippen molar-refractivity contribution in [3.63, 3.8) is 0 Å². The number of nitrogens with one attached hydrogen (secondary N) is 1. The van der Waals surface area contributed by atoms with E-state index in [1.165, 1.54) is 16.8 Å². The zero-order chi connectivity index (χ0) is 17.7. The minimum absolute atomic E-state index is 0.450. The first-order valence-corrected chi connectivity index (χ1v) is 8.58. The predicted molar refractivity (Wildman–Crippen MR) is 102 cm³/mol. The molecule has 0 saturated heterocycles. The van der Waals surface area contributed by atoms with Crippen LogP contribution >= 0.6 is 0 Å². The molecule has 2 rings (SSSR count). The van der Waals surface area contributed by atoms with Crippen LogP contribution in [0.1, 0.15) is 48.7 Å². The number of guanidine groups is 1. The van der Waals surface area contributed by atoms with Crippen LogP contribution in [0.15, 0.2) is 29.3 Å². The monoisotopic (exact) mass is 327 g/mol. The Morgan fingerprint density at radius 3 is 2.50 bits per heavy atom. The molecule has 0 aliphatic rings. The molecule has 0 bridgehead atoms. The van der Waals surface area contributed by atoms with Gasteiger partial charge in [-0.25, -0.2) is 0 Å². The Balaban J connectivity index is 1.92. The number of benzene rings is 1. The molecule has 1 heterocycles. The summed E-state index contributed by atoms with van der Waals surface area (Å²) < 4.78 is 1.91. The molecule has 3 N–H and O–H groups in total. The fraction of sp³-hybridized carbons (Fsp3) is 0.474. The van der Waals surface area contributed by atoms with E-state index >= 15 is 0 Å². The van der Waals surface area contributed by atoms with Crippen molar-refractivity contribution in [2.45, 2.75) is 46.5 Å². The molecule has 1 aromatic heterocycles. The van der Waals surface area contributed by atoms with Crippen LogP contribution < -0.4 is 11.1 Å². The molecule has 0 spiro atoms. The van der Waals surface area contributed by atoms with Gasteiger partial charge < -0.3 is 11.1 Å². The zero-order valence-electron chi connectivity index (χ0n) is 15.4. The SMILES string of the molecule is CCC(C)c1ccc(NC(N)=NCCc2c(C)nn(C)c2C)cc1. The molecule has 130 valence electrons. The smallest absolute Gasteiger partial charge is 0.193 e. The number of aryl methyl sites for hydroxylation is 2. The molecular formula is C19H29N5. The first-order chi connectivity index (χ1) is 11.4. The molecule has 2 aromatic rings. The Morgan fingerprint density at radius 2 is 1.96 bits per heavy atom. The molecular weight excluding hydrogens is 298 g/mol. The highest BCUT2D eigenvalue weighted by Crippen LogP contribution is 2.20. The summed E-state index contributed by atoms with van der Waals surface area (Å²) in [6.07, 6.45) is 1.99. The van der Waals surface area contributed by atoms with Crippen molar-refractivity contribution in [3.05, 3.63) is 46.8 Å². The second-order valence-electron chi connectivity index (χ2n) is 6.35. The van der Waals surface area contributed by atoms with Crippen molar-refractivity contribution in [1.82, 2.24) is 9.78 Å². The number of hydrogen-bond donors (Lipinski definition) is 2. The lowest BCUT2D eigenvalue weighted by atomic mass is 9.99. The minimum atomic E-state index is 0.450. The molecule has 0 aliphatic carbocycles. The number of hydrogen-bond acceptors (Lipinski definition) is 2. The second kappa shape index (κ2) is 7.99. The van der Waals surface area contributed by atoms with E-state index in [9.17, 15) is 0 Å². The lowest BCUT2D eigenvalue weighted by Gasteiger charge is -2.10. The van der Waals surface area contributed by atoms with Crippen LogP contribution in [-0.2, 0) is 13.5 Å². The van der Waals surface area contributed by atoms with Gasteiger partial charge >= 0.3 is 0 Å². The van der Waals surface area contributed by atoms with Crippen LogP contribution in [0, 0.1) is 13.8 Å². The fourth-order valence-electron chi connectivity index (χ4n) is 2.79. The molecule has 0 radical (unpaired) electrons. The van der Waals surface area contributed by atoms with Crippen LogP contribution in [0.2, 0.25) is 0 Å². The minimum Gasteiger partial charge on any atom is -0.370 e. The van der Waals surface area contributed by atoms with Gasteiger partial charge in [-0.15, -0.1) is 0 Å². The van der Waals surface area contributed by atoms with Gasteiger partial charge in [0.25, 0.3) is 0 Å². The number of nitrogens with zero attached hydrogens (tertiary/aromatic N) is 3. The van der Waals surface area contributed by atoms with Gasteiger partial charge in [0.2, 0.25) is 0 Å². The van der Waals surface area contributed by atoms with Gasteiger partial charge in [-0.05, 0) is 55.9 Å². The van der Waals surface area contributed by atoms with E-state index in [1.807, 2.05) is 18.7 Å². The Labute approximate surface area is 145 Å². The standard InChI is InChI=1S/C19H29N5/c1-6-13(2)16-7-9-17(10-8-16)22-19(20)21-12-11-18-14(3)23-24(5)15(18)4/h7-10,13H,6,11-12H2,1-5H3,(H3,20,21,22). The van der Waals surface area contributed by atoms with Crippen molar-refractivity contribution in [1.29, 1.82) is 0 Å². The van der Waals surface area contributed by atoms with Gasteiger partial charge in [-0.1, -0.05) is 26.0 Å². The summed E-state index contributed by atoms with van der Waals surface area (Å²) in [5.74, 6) is 1.03. The summed E-state index contributed by atoms with van der Waals surface area (Å²) in [5.41, 5.74) is 11.8. The van der Waals surface area contributed by atoms with Crippen molar-refractivity contribution in [2.75, 3.05) is 11.9 Å². The average Bonchev–Trinajstić information content (AvgIpc) is 2.81. The molecule has 0 saturated carbocycles. The van der Waals surface area contributed by atoms with Gasteiger partial charge in [0.1, 0.15) is 0 Å². The maximum atomic E-state index is 5.99. The average molecular weight is 327 g/mol. The van der Waals surface area contributed by atoms with Gasteiger partial charge in [-0.2, -0.15) is 5.10 Å². The summed E-state index contributed by atoms with van der Waals surface area (Å²) in [4.78, 5) is 4.43. The van der Waals surface area contributed by atoms with Gasteiger partial charge in [-0.3, -0.25) is 9.67 Å². The molecule has 0 fully saturated rings. The van der Waals surface area contributed by atoms with Crippen LogP contribution in [0.25, 0.3) is 0 Å². The van der Waals surface area contributed by atoms with E-state index in [0.29, 0.717) is 18.4 Å². The first-order valence-electron chi connectivity index (χ1n) is 8.58. The number of aliphatic imine (C=N–C) groups is 1. The third kappa shape index (κ3) is 4.37. The predicted octanol–water partition coefficient (Wildman–Crippen LogP) is 3.52. The van der Waals surface area contributed by atoms with Gasteiger partial charge in [0.05, 0.1) is 5.69 Å².